The number of halogens is 3. The fourth-order valence-corrected chi connectivity index (χ4v) is 3.94. The molecular weight excluding hydrogens is 497 g/mol. The first-order valence-corrected chi connectivity index (χ1v) is 11.7. The van der Waals surface area contributed by atoms with Crippen LogP contribution >= 0.6 is 0 Å². The van der Waals surface area contributed by atoms with Crippen LogP contribution in [-0.4, -0.2) is 57.1 Å². The standard InChI is InChI=1S/C25H22F3N7.CH3NO/c26-25(27,28)22-15-20(5-4-19(22)17-34-12-10-29-11-13-34)33-23-14-18(7-9-30-23)3-6-21-16-31-24-2-1-8-32-35(21)24;2-1-3/h1-2,4-5,7-9,14-16,29H,10-13,17H2,(H,30,33);1H,(H2,2,3). The third-order valence-corrected chi connectivity index (χ3v) is 5.66. The van der Waals surface area contributed by atoms with E-state index in [1.807, 2.05) is 11.0 Å². The van der Waals surface area contributed by atoms with Crippen LogP contribution in [0, 0.1) is 11.8 Å². The van der Waals surface area contributed by atoms with Crippen LogP contribution in [0.3, 0.4) is 0 Å². The molecule has 0 aliphatic carbocycles. The Bertz CT molecular complexity index is 1450. The molecule has 12 heteroatoms. The smallest absolute Gasteiger partial charge is 0.372 e. The lowest BCUT2D eigenvalue weighted by molar-refractivity contribution is -0.138. The summed E-state index contributed by atoms with van der Waals surface area (Å²) in [6.45, 7) is 3.26. The van der Waals surface area contributed by atoms with Crippen LogP contribution in [0.4, 0.5) is 24.7 Å². The third kappa shape index (κ3) is 6.84. The Morgan fingerprint density at radius 1 is 1.08 bits per heavy atom. The number of anilines is 2. The Hall–Kier alpha value is -4.47. The van der Waals surface area contributed by atoms with Gasteiger partial charge in [0.15, 0.2) is 5.65 Å². The number of piperazine rings is 1. The van der Waals surface area contributed by atoms with Crippen LogP contribution in [0.2, 0.25) is 0 Å². The number of rotatable bonds is 4. The molecule has 1 aromatic carbocycles. The van der Waals surface area contributed by atoms with E-state index >= 15 is 0 Å². The molecule has 1 aliphatic heterocycles. The summed E-state index contributed by atoms with van der Waals surface area (Å²) in [6.07, 6.45) is 0.640. The Kier molecular flexibility index (Phi) is 8.52. The van der Waals surface area contributed by atoms with Gasteiger partial charge >= 0.3 is 6.18 Å². The second-order valence-electron chi connectivity index (χ2n) is 8.27. The van der Waals surface area contributed by atoms with E-state index in [0.29, 0.717) is 28.4 Å². The minimum absolute atomic E-state index is 0.250. The molecule has 0 bridgehead atoms. The molecule has 9 nitrogen and oxygen atoms in total. The normalized spacial score (nSPS) is 13.7. The van der Waals surface area contributed by atoms with E-state index in [1.165, 1.54) is 6.07 Å². The Morgan fingerprint density at radius 3 is 2.63 bits per heavy atom. The van der Waals surface area contributed by atoms with Gasteiger partial charge in [0.05, 0.1) is 11.8 Å². The number of alkyl halides is 3. The van der Waals surface area contributed by atoms with Crippen LogP contribution in [0.5, 0.6) is 0 Å². The summed E-state index contributed by atoms with van der Waals surface area (Å²) >= 11 is 0. The highest BCUT2D eigenvalue weighted by Gasteiger charge is 2.34. The maximum atomic E-state index is 13.8. The molecule has 1 saturated heterocycles. The number of nitrogens with two attached hydrogens (primary N) is 1. The summed E-state index contributed by atoms with van der Waals surface area (Å²) in [7, 11) is 0. The van der Waals surface area contributed by atoms with Crippen molar-refractivity contribution in [3.05, 3.63) is 83.4 Å². The number of fused-ring (bicyclic) bond motifs is 1. The van der Waals surface area contributed by atoms with Gasteiger partial charge in [-0.2, -0.15) is 18.3 Å². The molecular formula is C26H25F3N8O. The number of carbonyl (C=O) groups is 1. The number of primary amides is 1. The Labute approximate surface area is 216 Å². The van der Waals surface area contributed by atoms with Gasteiger partial charge in [-0.25, -0.2) is 14.5 Å². The number of hydrogen-bond donors (Lipinski definition) is 3. The minimum atomic E-state index is -4.45. The second-order valence-corrected chi connectivity index (χ2v) is 8.27. The van der Waals surface area contributed by atoms with Crippen molar-refractivity contribution in [2.45, 2.75) is 12.7 Å². The SMILES string of the molecule is FC(F)(F)c1cc(Nc2cc(C#Cc3cnc4cccnn34)ccn2)ccc1CN1CCNCC1.NC=O. The summed E-state index contributed by atoms with van der Waals surface area (Å²) in [5.74, 6) is 6.46. The van der Waals surface area contributed by atoms with Gasteiger partial charge in [-0.3, -0.25) is 9.69 Å². The molecule has 0 atom stereocenters. The number of nitrogens with zero attached hydrogens (tertiary/aromatic N) is 5. The van der Waals surface area contributed by atoms with Crippen molar-refractivity contribution < 1.29 is 18.0 Å². The monoisotopic (exact) mass is 522 g/mol. The molecule has 5 rings (SSSR count). The van der Waals surface area contributed by atoms with E-state index in [1.54, 1.807) is 47.4 Å². The van der Waals surface area contributed by atoms with Gasteiger partial charge in [0, 0.05) is 56.4 Å². The lowest BCUT2D eigenvalue weighted by Gasteiger charge is -2.28. The molecule has 0 spiro atoms. The minimum Gasteiger partial charge on any atom is -0.372 e. The summed E-state index contributed by atoms with van der Waals surface area (Å²) in [5, 5.41) is 10.4. The molecule has 1 amide bonds. The molecule has 196 valence electrons. The Morgan fingerprint density at radius 2 is 1.87 bits per heavy atom. The molecule has 4 aromatic rings. The van der Waals surface area contributed by atoms with Gasteiger partial charge in [0.25, 0.3) is 0 Å². The van der Waals surface area contributed by atoms with Gasteiger partial charge in [0.2, 0.25) is 6.41 Å². The molecule has 38 heavy (non-hydrogen) atoms. The third-order valence-electron chi connectivity index (χ3n) is 5.66. The van der Waals surface area contributed by atoms with Crippen molar-refractivity contribution in [1.82, 2.24) is 29.8 Å². The van der Waals surface area contributed by atoms with Crippen LogP contribution in [0.1, 0.15) is 22.4 Å². The van der Waals surface area contributed by atoms with Crippen molar-refractivity contribution in [2.75, 3.05) is 31.5 Å². The van der Waals surface area contributed by atoms with Crippen molar-refractivity contribution in [1.29, 1.82) is 0 Å². The van der Waals surface area contributed by atoms with Crippen molar-refractivity contribution in [3.63, 3.8) is 0 Å². The number of carbonyl (C=O) groups excluding carboxylic acids is 1. The quantitative estimate of drug-likeness (QED) is 0.279. The van der Waals surface area contributed by atoms with Crippen molar-refractivity contribution in [3.8, 4) is 11.8 Å². The zero-order chi connectivity index (χ0) is 27.0. The van der Waals surface area contributed by atoms with Gasteiger partial charge in [-0.1, -0.05) is 12.0 Å². The van der Waals surface area contributed by atoms with E-state index in [-0.39, 0.29) is 18.5 Å². The molecule has 0 saturated carbocycles. The Balaban J connectivity index is 0.00000107. The molecule has 0 radical (unpaired) electrons. The molecule has 4 N–H and O–H groups in total. The zero-order valence-electron chi connectivity index (χ0n) is 20.2. The summed E-state index contributed by atoms with van der Waals surface area (Å²) < 4.78 is 43.1. The molecule has 1 fully saturated rings. The first kappa shape index (κ1) is 26.6. The highest BCUT2D eigenvalue weighted by molar-refractivity contribution is 5.60. The maximum Gasteiger partial charge on any atom is 0.416 e. The van der Waals surface area contributed by atoms with E-state index in [0.717, 1.165) is 32.2 Å². The summed E-state index contributed by atoms with van der Waals surface area (Å²) in [4.78, 5) is 19.1. The van der Waals surface area contributed by atoms with Crippen LogP contribution in [-0.2, 0) is 17.5 Å². The predicted octanol–water partition coefficient (Wildman–Crippen LogP) is 2.79. The van der Waals surface area contributed by atoms with Crippen molar-refractivity contribution >= 4 is 23.6 Å². The number of hydrogen-bond acceptors (Lipinski definition) is 7. The summed E-state index contributed by atoms with van der Waals surface area (Å²) in [5.41, 5.74) is 6.07. The number of pyridine rings is 1. The zero-order valence-corrected chi connectivity index (χ0v) is 20.2. The highest BCUT2D eigenvalue weighted by atomic mass is 19.4. The average molecular weight is 523 g/mol. The van der Waals surface area contributed by atoms with Gasteiger partial charge < -0.3 is 16.4 Å². The van der Waals surface area contributed by atoms with Gasteiger partial charge in [-0.05, 0) is 47.9 Å². The average Bonchev–Trinajstić information content (AvgIpc) is 3.32. The van der Waals surface area contributed by atoms with Crippen LogP contribution in [0.15, 0.2) is 61.1 Å². The molecule has 4 heterocycles. The predicted molar refractivity (Wildman–Crippen MR) is 136 cm³/mol. The summed E-state index contributed by atoms with van der Waals surface area (Å²) in [6, 6.07) is 11.4. The van der Waals surface area contributed by atoms with E-state index < -0.39 is 11.7 Å². The number of benzene rings is 1. The first-order chi connectivity index (χ1) is 18.4. The van der Waals surface area contributed by atoms with E-state index in [4.69, 9.17) is 4.79 Å². The number of nitrogens with one attached hydrogen (secondary N) is 2. The number of imidazole rings is 1. The second kappa shape index (κ2) is 12.2. The van der Waals surface area contributed by atoms with Crippen LogP contribution < -0.4 is 16.4 Å². The number of aromatic nitrogens is 4. The molecule has 0 unspecified atom stereocenters. The highest BCUT2D eigenvalue weighted by Crippen LogP contribution is 2.35. The maximum absolute atomic E-state index is 13.8. The lowest BCUT2D eigenvalue weighted by Crippen LogP contribution is -2.43. The van der Waals surface area contributed by atoms with Crippen molar-refractivity contribution in [2.24, 2.45) is 5.73 Å². The molecule has 3 aromatic heterocycles. The van der Waals surface area contributed by atoms with Gasteiger partial charge in [0.1, 0.15) is 11.5 Å². The first-order valence-electron chi connectivity index (χ1n) is 11.7. The van der Waals surface area contributed by atoms with E-state index in [9.17, 15) is 13.2 Å². The number of amides is 1. The van der Waals surface area contributed by atoms with Gasteiger partial charge in [-0.15, -0.1) is 0 Å². The van der Waals surface area contributed by atoms with Crippen LogP contribution in [0.25, 0.3) is 5.65 Å². The van der Waals surface area contributed by atoms with E-state index in [2.05, 4.69) is 43.3 Å². The largest absolute Gasteiger partial charge is 0.416 e. The topological polar surface area (TPSA) is 113 Å². The molecule has 1 aliphatic rings. The lowest BCUT2D eigenvalue weighted by atomic mass is 10.0. The fourth-order valence-electron chi connectivity index (χ4n) is 3.94. The fraction of sp³-hybridized carbons (Fsp3) is 0.231.